The molecule has 0 radical (unpaired) electrons. The Hall–Kier alpha value is -5.12. The van der Waals surface area contributed by atoms with Gasteiger partial charge in [0.2, 0.25) is 0 Å². The first-order chi connectivity index (χ1) is 20.2. The van der Waals surface area contributed by atoms with Gasteiger partial charge >= 0.3 is 11.9 Å². The Morgan fingerprint density at radius 2 is 1.52 bits per heavy atom. The van der Waals surface area contributed by atoms with E-state index in [1.165, 1.54) is 6.21 Å². The lowest BCUT2D eigenvalue weighted by Gasteiger charge is -2.30. The zero-order chi connectivity index (χ0) is 30.2. The molecule has 0 aromatic heterocycles. The van der Waals surface area contributed by atoms with E-state index in [0.717, 1.165) is 5.39 Å². The average molecular weight is 572 g/mol. The normalized spacial score (nSPS) is 13.7. The molecule has 0 spiro atoms. The number of benzene rings is 3. The molecule has 42 heavy (non-hydrogen) atoms. The highest BCUT2D eigenvalue weighted by Gasteiger charge is 2.37. The summed E-state index contributed by atoms with van der Waals surface area (Å²) in [5.74, 6) is -1.81. The molecule has 1 aliphatic heterocycles. The highest BCUT2D eigenvalue weighted by Crippen LogP contribution is 2.39. The van der Waals surface area contributed by atoms with Gasteiger partial charge in [0.25, 0.3) is 5.91 Å². The number of nitrogens with one attached hydrogen (secondary N) is 2. The maximum Gasteiger partial charge on any atom is 0.336 e. The first-order valence-corrected chi connectivity index (χ1v) is 13.5. The van der Waals surface area contributed by atoms with Gasteiger partial charge < -0.3 is 24.6 Å². The number of aromatic hydroxyl groups is 1. The highest BCUT2D eigenvalue weighted by atomic mass is 16.5. The number of hydrogen-bond donors (Lipinski definition) is 3. The highest BCUT2D eigenvalue weighted by molar-refractivity contribution is 6.00. The number of phenolic OH excluding ortho intramolecular Hbond substituents is 1. The molecule has 3 N–H and O–H groups in total. The van der Waals surface area contributed by atoms with Crippen LogP contribution < -0.4 is 15.5 Å². The summed E-state index contributed by atoms with van der Waals surface area (Å²) in [7, 11) is 0. The molecule has 218 valence electrons. The van der Waals surface area contributed by atoms with Gasteiger partial charge in [0.15, 0.2) is 6.61 Å². The number of amides is 1. The van der Waals surface area contributed by atoms with E-state index in [1.807, 2.05) is 24.3 Å². The quantitative estimate of drug-likeness (QED) is 0.185. The van der Waals surface area contributed by atoms with E-state index in [4.69, 9.17) is 14.2 Å². The van der Waals surface area contributed by atoms with Crippen LogP contribution in [0.2, 0.25) is 0 Å². The van der Waals surface area contributed by atoms with E-state index >= 15 is 0 Å². The Bertz CT molecular complexity index is 1550. The Morgan fingerprint density at radius 1 is 0.905 bits per heavy atom. The minimum atomic E-state index is -0.720. The molecule has 0 aliphatic carbocycles. The molecule has 3 aromatic carbocycles. The van der Waals surface area contributed by atoms with Gasteiger partial charge in [-0.1, -0.05) is 42.5 Å². The summed E-state index contributed by atoms with van der Waals surface area (Å²) in [6.07, 6.45) is 1.36. The van der Waals surface area contributed by atoms with Gasteiger partial charge in [-0.25, -0.2) is 15.0 Å². The standard InChI is InChI=1S/C32H33N3O7/c1-5-40-31(38)27-19(3)34-20(4)28(32(39)41-6-2)29(27)22-13-15-24(16-14-22)42-18-26(36)35-33-17-23-12-11-21-9-7-8-10-25(21)30(23)37/h7-17,29,34,37H,5-6,18H2,1-4H3,(H,35,36)/b33-17+. The van der Waals surface area contributed by atoms with Crippen LogP contribution in [-0.4, -0.2) is 49.0 Å². The molecule has 4 rings (SSSR count). The first kappa shape index (κ1) is 29.9. The van der Waals surface area contributed by atoms with Crippen LogP contribution in [0.5, 0.6) is 11.5 Å². The summed E-state index contributed by atoms with van der Waals surface area (Å²) >= 11 is 0. The molecule has 0 saturated carbocycles. The second kappa shape index (κ2) is 13.5. The van der Waals surface area contributed by atoms with E-state index in [0.29, 0.717) is 44.8 Å². The SMILES string of the molecule is CCOC(=O)C1=C(C)NC(C)=C(C(=O)OCC)C1c1ccc(OCC(=O)N/N=C/c2ccc3ccccc3c2O)cc1. The second-order valence-corrected chi connectivity index (χ2v) is 9.45. The maximum absolute atomic E-state index is 12.9. The number of ether oxygens (including phenoxy) is 3. The molecule has 0 bridgehead atoms. The molecule has 10 nitrogen and oxygen atoms in total. The number of allylic oxidation sites excluding steroid dienone is 2. The number of nitrogens with zero attached hydrogens (tertiary/aromatic N) is 1. The Balaban J connectivity index is 1.45. The maximum atomic E-state index is 12.9. The summed E-state index contributed by atoms with van der Waals surface area (Å²) in [6.45, 7) is 6.99. The smallest absolute Gasteiger partial charge is 0.336 e. The van der Waals surface area contributed by atoms with Crippen LogP contribution in [0, 0.1) is 0 Å². The van der Waals surface area contributed by atoms with Crippen LogP contribution in [0.3, 0.4) is 0 Å². The number of hydrogen-bond acceptors (Lipinski definition) is 9. The number of carbonyl (C=O) groups excluding carboxylic acids is 3. The van der Waals surface area contributed by atoms with Crippen LogP contribution in [0.4, 0.5) is 0 Å². The summed E-state index contributed by atoms with van der Waals surface area (Å²) in [5.41, 5.74) is 5.28. The van der Waals surface area contributed by atoms with Crippen LogP contribution in [-0.2, 0) is 23.9 Å². The minimum Gasteiger partial charge on any atom is -0.507 e. The zero-order valence-electron chi connectivity index (χ0n) is 23.9. The Labute approximate surface area is 243 Å². The minimum absolute atomic E-state index is 0.0727. The number of dihydropyridines is 1. The summed E-state index contributed by atoms with van der Waals surface area (Å²) < 4.78 is 16.2. The number of esters is 2. The van der Waals surface area contributed by atoms with Crippen LogP contribution in [0.1, 0.15) is 44.7 Å². The zero-order valence-corrected chi connectivity index (χ0v) is 23.9. The van der Waals surface area contributed by atoms with E-state index in [9.17, 15) is 19.5 Å². The van der Waals surface area contributed by atoms with Gasteiger partial charge in [-0.05, 0) is 56.8 Å². The fraction of sp³-hybridized carbons (Fsp3) is 0.250. The molecule has 3 aromatic rings. The lowest BCUT2D eigenvalue weighted by molar-refractivity contribution is -0.139. The largest absolute Gasteiger partial charge is 0.507 e. The summed E-state index contributed by atoms with van der Waals surface area (Å²) in [6, 6.07) is 17.7. The topological polar surface area (TPSA) is 136 Å². The molecule has 0 atom stereocenters. The molecule has 0 saturated heterocycles. The monoisotopic (exact) mass is 571 g/mol. The van der Waals surface area contributed by atoms with Gasteiger partial charge in [0.1, 0.15) is 11.5 Å². The van der Waals surface area contributed by atoms with Gasteiger partial charge in [-0.15, -0.1) is 0 Å². The summed E-state index contributed by atoms with van der Waals surface area (Å²) in [4.78, 5) is 38.2. The third-order valence-corrected chi connectivity index (χ3v) is 6.66. The van der Waals surface area contributed by atoms with E-state index in [1.54, 1.807) is 64.1 Å². The molecular formula is C32H33N3O7. The van der Waals surface area contributed by atoms with Crippen LogP contribution >= 0.6 is 0 Å². The van der Waals surface area contributed by atoms with Gasteiger partial charge in [-0.2, -0.15) is 5.10 Å². The van der Waals surface area contributed by atoms with Crippen molar-refractivity contribution in [1.82, 2.24) is 10.7 Å². The molecule has 10 heteroatoms. The van der Waals surface area contributed by atoms with Crippen molar-refractivity contribution in [2.24, 2.45) is 5.10 Å². The molecule has 1 aliphatic rings. The van der Waals surface area contributed by atoms with Crippen LogP contribution in [0.25, 0.3) is 10.8 Å². The average Bonchev–Trinajstić information content (AvgIpc) is 2.97. The van der Waals surface area contributed by atoms with Gasteiger partial charge in [0.05, 0.1) is 36.5 Å². The summed E-state index contributed by atoms with van der Waals surface area (Å²) in [5, 5.41) is 19.1. The fourth-order valence-electron chi connectivity index (χ4n) is 4.77. The number of hydrazone groups is 1. The van der Waals surface area contributed by atoms with E-state index < -0.39 is 23.8 Å². The molecule has 0 unspecified atom stereocenters. The van der Waals surface area contributed by atoms with Crippen molar-refractivity contribution in [3.8, 4) is 11.5 Å². The lowest BCUT2D eigenvalue weighted by atomic mass is 9.80. The van der Waals surface area contributed by atoms with Gasteiger partial charge in [0, 0.05) is 22.3 Å². The molecule has 1 heterocycles. The van der Waals surface area contributed by atoms with E-state index in [-0.39, 0.29) is 25.6 Å². The van der Waals surface area contributed by atoms with Crippen molar-refractivity contribution in [3.05, 3.63) is 94.3 Å². The van der Waals surface area contributed by atoms with E-state index in [2.05, 4.69) is 15.8 Å². The fourth-order valence-corrected chi connectivity index (χ4v) is 4.77. The van der Waals surface area contributed by atoms with Crippen molar-refractivity contribution in [2.75, 3.05) is 19.8 Å². The van der Waals surface area contributed by atoms with Gasteiger partial charge in [-0.3, -0.25) is 4.79 Å². The Kier molecular flexibility index (Phi) is 9.59. The molecular weight excluding hydrogens is 538 g/mol. The van der Waals surface area contributed by atoms with Crippen molar-refractivity contribution < 1.29 is 33.7 Å². The lowest BCUT2D eigenvalue weighted by Crippen LogP contribution is -2.32. The molecule has 1 amide bonds. The molecule has 0 fully saturated rings. The number of carbonyl (C=O) groups is 3. The number of phenols is 1. The van der Waals surface area contributed by atoms with Crippen molar-refractivity contribution in [3.63, 3.8) is 0 Å². The number of fused-ring (bicyclic) bond motifs is 1. The predicted molar refractivity (Wildman–Crippen MR) is 158 cm³/mol. The number of rotatable bonds is 10. The third-order valence-electron chi connectivity index (χ3n) is 6.66. The van der Waals surface area contributed by atoms with Crippen molar-refractivity contribution in [2.45, 2.75) is 33.6 Å². The third kappa shape index (κ3) is 6.60. The van der Waals surface area contributed by atoms with Crippen molar-refractivity contribution >= 4 is 34.8 Å². The predicted octanol–water partition coefficient (Wildman–Crippen LogP) is 4.44. The van der Waals surface area contributed by atoms with Crippen LogP contribution in [0.15, 0.2) is 88.3 Å². The first-order valence-electron chi connectivity index (χ1n) is 13.5. The second-order valence-electron chi connectivity index (χ2n) is 9.45. The Morgan fingerprint density at radius 3 is 2.14 bits per heavy atom. The van der Waals surface area contributed by atoms with Crippen molar-refractivity contribution in [1.29, 1.82) is 0 Å².